The zero-order valence-corrected chi connectivity index (χ0v) is 35.4. The lowest BCUT2D eigenvalue weighted by atomic mass is 10.1. The second kappa shape index (κ2) is 20.3. The Morgan fingerprint density at radius 1 is 1.09 bits per heavy atom. The first-order valence-electron chi connectivity index (χ1n) is 19.7. The van der Waals surface area contributed by atoms with E-state index in [1.807, 2.05) is 56.3 Å². The Bertz CT molecular complexity index is 2180. The molecule has 16 heteroatoms. The average Bonchev–Trinajstić information content (AvgIpc) is 3.82. The number of aliphatic hydroxyl groups excluding tert-OH is 1. The Morgan fingerprint density at radius 2 is 1.88 bits per heavy atom. The third kappa shape index (κ3) is 11.2. The lowest BCUT2D eigenvalue weighted by molar-refractivity contribution is -0.0738. The van der Waals surface area contributed by atoms with E-state index in [1.165, 1.54) is 35.2 Å². The molecule has 2 aromatic carbocycles. The van der Waals surface area contributed by atoms with E-state index in [0.717, 1.165) is 48.3 Å². The van der Waals surface area contributed by atoms with Gasteiger partial charge < -0.3 is 20.3 Å². The van der Waals surface area contributed by atoms with Crippen molar-refractivity contribution in [2.75, 3.05) is 63.6 Å². The zero-order valence-electron chi connectivity index (χ0n) is 33.7. The van der Waals surface area contributed by atoms with Crippen LogP contribution in [0.1, 0.15) is 72.4 Å². The van der Waals surface area contributed by atoms with Crippen molar-refractivity contribution >= 4 is 60.8 Å². The number of hydrogen-bond acceptors (Lipinski definition) is 14. The van der Waals surface area contributed by atoms with Gasteiger partial charge in [0.05, 0.1) is 36.0 Å². The van der Waals surface area contributed by atoms with Gasteiger partial charge in [-0.1, -0.05) is 48.7 Å². The van der Waals surface area contributed by atoms with Crippen molar-refractivity contribution in [2.45, 2.75) is 71.4 Å². The number of hydrazine groups is 1. The van der Waals surface area contributed by atoms with Crippen LogP contribution >= 0.6 is 22.7 Å². The fourth-order valence-corrected chi connectivity index (χ4v) is 8.93. The number of rotatable bonds is 18. The van der Waals surface area contributed by atoms with E-state index in [2.05, 4.69) is 61.2 Å². The van der Waals surface area contributed by atoms with Crippen LogP contribution in [0.15, 0.2) is 48.5 Å². The Morgan fingerprint density at radius 3 is 2.59 bits per heavy atom. The highest BCUT2D eigenvalue weighted by Gasteiger charge is 2.28. The average molecular weight is 830 g/mol. The molecule has 2 unspecified atom stereocenters. The van der Waals surface area contributed by atoms with E-state index in [1.54, 1.807) is 17.0 Å². The predicted octanol–water partition coefficient (Wildman–Crippen LogP) is 7.36. The first-order chi connectivity index (χ1) is 28.0. The molecule has 0 saturated carbocycles. The largest absolute Gasteiger partial charge is 0.491 e. The van der Waals surface area contributed by atoms with Crippen molar-refractivity contribution in [1.82, 2.24) is 35.1 Å². The maximum atomic E-state index is 14.8. The molecular weight excluding hydrogens is 778 g/mol. The lowest BCUT2D eigenvalue weighted by Crippen LogP contribution is -2.51. The Kier molecular flexibility index (Phi) is 15.0. The molecule has 1 saturated heterocycles. The van der Waals surface area contributed by atoms with Crippen molar-refractivity contribution in [3.05, 3.63) is 76.0 Å². The number of aryl methyl sites for hydroxylation is 2. The molecule has 4 heterocycles. The molecule has 1 aliphatic heterocycles. The summed E-state index contributed by atoms with van der Waals surface area (Å²) in [6.45, 7) is 9.86. The number of para-hydroxylation sites is 1. The first-order valence-corrected chi connectivity index (χ1v) is 21.3. The first kappa shape index (κ1) is 42.8. The van der Waals surface area contributed by atoms with Crippen LogP contribution in [0.2, 0.25) is 0 Å². The highest BCUT2D eigenvalue weighted by atomic mass is 32.1. The summed E-state index contributed by atoms with van der Waals surface area (Å²) >= 11 is 2.74. The predicted molar refractivity (Wildman–Crippen MR) is 229 cm³/mol. The number of piperidine rings is 1. The van der Waals surface area contributed by atoms with E-state index in [0.29, 0.717) is 58.1 Å². The van der Waals surface area contributed by atoms with E-state index in [9.17, 15) is 19.4 Å². The molecule has 3 N–H and O–H groups in total. The van der Waals surface area contributed by atoms with E-state index in [-0.39, 0.29) is 30.6 Å². The van der Waals surface area contributed by atoms with E-state index >= 15 is 0 Å². The molecule has 0 aliphatic carbocycles. The maximum Gasteiger partial charge on any atom is 0.355 e. The number of aromatic nitrogens is 4. The number of fused-ring (bicyclic) bond motifs is 1. The summed E-state index contributed by atoms with van der Waals surface area (Å²) in [7, 11) is 3.83. The molecule has 0 bridgehead atoms. The minimum absolute atomic E-state index is 0.0617. The molecule has 0 spiro atoms. The van der Waals surface area contributed by atoms with Crippen LogP contribution in [0.4, 0.5) is 26.3 Å². The van der Waals surface area contributed by atoms with Gasteiger partial charge in [-0.05, 0) is 102 Å². The van der Waals surface area contributed by atoms with Crippen LogP contribution < -0.4 is 15.0 Å². The Labute approximate surface area is 347 Å². The van der Waals surface area contributed by atoms with Crippen molar-refractivity contribution in [3.63, 3.8) is 0 Å². The normalized spacial score (nSPS) is 14.4. The van der Waals surface area contributed by atoms with Gasteiger partial charge in [-0.3, -0.25) is 9.80 Å². The van der Waals surface area contributed by atoms with Gasteiger partial charge in [-0.25, -0.2) is 29.2 Å². The number of aliphatic hydroxyl groups is 1. The second-order valence-corrected chi connectivity index (χ2v) is 16.8. The summed E-state index contributed by atoms with van der Waals surface area (Å²) in [4.78, 5) is 26.0. The van der Waals surface area contributed by atoms with Gasteiger partial charge in [0.25, 0.3) is 0 Å². The van der Waals surface area contributed by atoms with Crippen molar-refractivity contribution < 1.29 is 24.1 Å². The maximum absolute atomic E-state index is 14.8. The highest BCUT2D eigenvalue weighted by molar-refractivity contribution is 7.22. The van der Waals surface area contributed by atoms with Gasteiger partial charge in [0, 0.05) is 36.1 Å². The molecule has 2 atom stereocenters. The summed E-state index contributed by atoms with van der Waals surface area (Å²) in [6, 6.07) is 14.4. The molecule has 308 valence electrons. The van der Waals surface area contributed by atoms with Gasteiger partial charge in [-0.2, -0.15) is 0 Å². The summed E-state index contributed by atoms with van der Waals surface area (Å²) in [5.74, 6) is 5.33. The Hall–Kier alpha value is -4.76. The van der Waals surface area contributed by atoms with Gasteiger partial charge in [-0.15, -0.1) is 21.5 Å². The van der Waals surface area contributed by atoms with Crippen LogP contribution in [-0.4, -0.2) is 117 Å². The smallest absolute Gasteiger partial charge is 0.355 e. The number of aromatic carboxylic acids is 1. The SMILES string of the molecule is CCN(C(C)CC(O)CN(c1cc(C)c(Nc2nc3ccccc3s2)nn1)c1nc(C(=O)O)c(CCCOc2ccc(C#CCN(C)C)cc2F)s1)N1CCCCC1. The molecule has 6 rings (SSSR count). The molecule has 1 fully saturated rings. The summed E-state index contributed by atoms with van der Waals surface area (Å²) < 4.78 is 21.6. The molecule has 5 aromatic rings. The van der Waals surface area contributed by atoms with E-state index < -0.39 is 17.9 Å². The molecule has 13 nitrogen and oxygen atoms in total. The number of thiazole rings is 2. The van der Waals surface area contributed by atoms with Gasteiger partial charge >= 0.3 is 5.97 Å². The topological polar surface area (TPSA) is 143 Å². The number of hydrogen-bond donors (Lipinski definition) is 3. The van der Waals surface area contributed by atoms with Crippen molar-refractivity contribution in [2.24, 2.45) is 0 Å². The zero-order chi connectivity index (χ0) is 41.2. The molecular formula is C42H52FN9O4S2. The standard InChI is InChI=1S/C42H52FN9O4S2/c1-6-52(50-21-10-7-11-22-50)29(3)25-31(53)27-51(37-24-28(2)39(48-47-37)46-41-44-33-15-8-9-16-35(33)57-41)42-45-38(40(54)55)36(58-42)17-13-23-56-34-19-18-30(26-32(34)43)14-12-20-49(4)5/h8-9,15-16,18-19,24,26,29,31,53H,6-7,10-11,13,17,20-23,25,27H2,1-5H3,(H,54,55)(H,44,46,48). The molecule has 0 radical (unpaired) electrons. The van der Waals surface area contributed by atoms with Crippen molar-refractivity contribution in [3.8, 4) is 17.6 Å². The van der Waals surface area contributed by atoms with E-state index in [4.69, 9.17) is 4.74 Å². The fourth-order valence-electron chi connectivity index (χ4n) is 6.95. The number of carboxylic acid groups (broad SMARTS) is 1. The summed E-state index contributed by atoms with van der Waals surface area (Å²) in [6.07, 6.45) is 3.97. The third-order valence-electron chi connectivity index (χ3n) is 9.79. The third-order valence-corrected chi connectivity index (χ3v) is 11.9. The second-order valence-electron chi connectivity index (χ2n) is 14.7. The van der Waals surface area contributed by atoms with Crippen LogP contribution in [0, 0.1) is 24.6 Å². The van der Waals surface area contributed by atoms with Gasteiger partial charge in [0.1, 0.15) is 0 Å². The number of halogens is 1. The van der Waals surface area contributed by atoms with Crippen LogP contribution in [-0.2, 0) is 6.42 Å². The molecule has 3 aromatic heterocycles. The molecule has 58 heavy (non-hydrogen) atoms. The number of anilines is 4. The van der Waals surface area contributed by atoms with Gasteiger partial charge in [0.15, 0.2) is 39.2 Å². The number of benzene rings is 2. The monoisotopic (exact) mass is 829 g/mol. The summed E-state index contributed by atoms with van der Waals surface area (Å²) in [5, 5.41) is 40.1. The van der Waals surface area contributed by atoms with Crippen LogP contribution in [0.25, 0.3) is 10.2 Å². The molecule has 1 aliphatic rings. The summed E-state index contributed by atoms with van der Waals surface area (Å²) in [5.41, 5.74) is 2.15. The minimum atomic E-state index is -1.16. The van der Waals surface area contributed by atoms with Gasteiger partial charge in [0.2, 0.25) is 0 Å². The highest BCUT2D eigenvalue weighted by Crippen LogP contribution is 2.35. The number of nitrogens with zero attached hydrogens (tertiary/aromatic N) is 8. The van der Waals surface area contributed by atoms with Crippen molar-refractivity contribution in [1.29, 1.82) is 0 Å². The molecule has 0 amide bonds. The number of ether oxygens (including phenoxy) is 1. The number of nitrogens with one attached hydrogen (secondary N) is 1. The van der Waals surface area contributed by atoms with Crippen LogP contribution in [0.5, 0.6) is 5.75 Å². The quantitative estimate of drug-likeness (QED) is 0.0599. The Balaban J connectivity index is 1.20. The number of carbonyl (C=O) groups is 1. The minimum Gasteiger partial charge on any atom is -0.491 e. The fraction of sp³-hybridized carbons (Fsp3) is 0.452. The lowest BCUT2D eigenvalue weighted by Gasteiger charge is -2.41. The number of carboxylic acids is 1. The van der Waals surface area contributed by atoms with Crippen LogP contribution in [0.3, 0.4) is 0 Å².